The molecule has 204 valence electrons. The molecule has 39 heavy (non-hydrogen) atoms. The molecule has 2 aliphatic carbocycles. The minimum atomic E-state index is -0.538. The standard InChI is InChI=1S/C30H33ClN4O4/c31-28-18-25(35(38)39)15-16-27(28)30(37)34(23-10-5-2-6-11-23)21-29(36)33(24-13-14-24)20-26-12-7-17-32(26)19-22-8-3-1-4-9-22/h1,3-4,7-9,12,15-18,23-24H,2,5-6,10-11,13-14,19-21H2. The summed E-state index contributed by atoms with van der Waals surface area (Å²) in [6.07, 6.45) is 8.70. The number of non-ortho nitro benzene ring substituents is 1. The Bertz CT molecular complexity index is 1330. The third kappa shape index (κ3) is 6.50. The summed E-state index contributed by atoms with van der Waals surface area (Å²) in [7, 11) is 0. The van der Waals surface area contributed by atoms with Crippen molar-refractivity contribution < 1.29 is 14.5 Å². The average Bonchev–Trinajstić information content (AvgIpc) is 3.70. The van der Waals surface area contributed by atoms with Crippen LogP contribution in [0, 0.1) is 10.1 Å². The summed E-state index contributed by atoms with van der Waals surface area (Å²) in [6, 6.07) is 18.3. The number of carbonyl (C=O) groups is 2. The number of nitro benzene ring substituents is 1. The smallest absolute Gasteiger partial charge is 0.270 e. The third-order valence-electron chi connectivity index (χ3n) is 7.74. The maximum absolute atomic E-state index is 13.8. The van der Waals surface area contributed by atoms with Crippen molar-refractivity contribution in [2.75, 3.05) is 6.54 Å². The summed E-state index contributed by atoms with van der Waals surface area (Å²) in [5, 5.41) is 11.2. The Morgan fingerprint density at radius 3 is 2.31 bits per heavy atom. The number of benzene rings is 2. The lowest BCUT2D eigenvalue weighted by molar-refractivity contribution is -0.384. The van der Waals surface area contributed by atoms with Crippen molar-refractivity contribution in [3.05, 3.63) is 98.8 Å². The van der Waals surface area contributed by atoms with Crippen LogP contribution < -0.4 is 0 Å². The van der Waals surface area contributed by atoms with Crippen LogP contribution in [0.4, 0.5) is 5.69 Å². The van der Waals surface area contributed by atoms with E-state index in [-0.39, 0.29) is 46.7 Å². The molecule has 2 aromatic carbocycles. The zero-order chi connectivity index (χ0) is 27.4. The van der Waals surface area contributed by atoms with Gasteiger partial charge >= 0.3 is 0 Å². The van der Waals surface area contributed by atoms with E-state index in [1.807, 2.05) is 41.4 Å². The van der Waals surface area contributed by atoms with E-state index in [1.165, 1.54) is 23.8 Å². The quantitative estimate of drug-likeness (QED) is 0.227. The van der Waals surface area contributed by atoms with Crippen LogP contribution in [-0.2, 0) is 17.9 Å². The molecule has 0 spiro atoms. The Hall–Kier alpha value is -3.65. The predicted molar refractivity (Wildman–Crippen MR) is 150 cm³/mol. The number of nitro groups is 1. The monoisotopic (exact) mass is 548 g/mol. The molecule has 0 aliphatic heterocycles. The summed E-state index contributed by atoms with van der Waals surface area (Å²) in [4.78, 5) is 41.8. The van der Waals surface area contributed by atoms with Crippen LogP contribution in [0.5, 0.6) is 0 Å². The Morgan fingerprint density at radius 2 is 1.64 bits per heavy atom. The van der Waals surface area contributed by atoms with Crippen molar-refractivity contribution in [1.82, 2.24) is 14.4 Å². The van der Waals surface area contributed by atoms with Gasteiger partial charge in [0.15, 0.2) is 0 Å². The van der Waals surface area contributed by atoms with E-state index in [1.54, 1.807) is 4.90 Å². The number of rotatable bonds is 10. The lowest BCUT2D eigenvalue weighted by Gasteiger charge is -2.36. The molecule has 0 N–H and O–H groups in total. The van der Waals surface area contributed by atoms with Gasteiger partial charge in [-0.3, -0.25) is 19.7 Å². The second-order valence-corrected chi connectivity index (χ2v) is 10.9. The van der Waals surface area contributed by atoms with Crippen LogP contribution in [0.1, 0.15) is 66.6 Å². The van der Waals surface area contributed by atoms with Crippen molar-refractivity contribution in [3.63, 3.8) is 0 Å². The van der Waals surface area contributed by atoms with Crippen molar-refractivity contribution in [2.24, 2.45) is 0 Å². The van der Waals surface area contributed by atoms with Crippen LogP contribution in [0.25, 0.3) is 0 Å². The second-order valence-electron chi connectivity index (χ2n) is 10.5. The molecule has 8 nitrogen and oxygen atoms in total. The largest absolute Gasteiger partial charge is 0.345 e. The van der Waals surface area contributed by atoms with E-state index in [9.17, 15) is 19.7 Å². The number of nitrogens with zero attached hydrogens (tertiary/aromatic N) is 4. The molecule has 2 fully saturated rings. The summed E-state index contributed by atoms with van der Waals surface area (Å²) in [5.41, 5.74) is 2.26. The lowest BCUT2D eigenvalue weighted by Crippen LogP contribution is -2.48. The average molecular weight is 549 g/mol. The fourth-order valence-electron chi connectivity index (χ4n) is 5.45. The van der Waals surface area contributed by atoms with Gasteiger partial charge in [0.2, 0.25) is 5.91 Å². The van der Waals surface area contributed by atoms with Gasteiger partial charge in [-0.05, 0) is 49.4 Å². The van der Waals surface area contributed by atoms with Crippen molar-refractivity contribution in [3.8, 4) is 0 Å². The van der Waals surface area contributed by atoms with E-state index in [4.69, 9.17) is 11.6 Å². The molecule has 2 aliphatic rings. The molecular formula is C30H33ClN4O4. The third-order valence-corrected chi connectivity index (χ3v) is 8.05. The van der Waals surface area contributed by atoms with Crippen LogP contribution in [0.3, 0.4) is 0 Å². The molecule has 0 saturated heterocycles. The molecule has 2 amide bonds. The highest BCUT2D eigenvalue weighted by Crippen LogP contribution is 2.31. The first kappa shape index (κ1) is 26.9. The fourth-order valence-corrected chi connectivity index (χ4v) is 5.71. The number of hydrogen-bond donors (Lipinski definition) is 0. The first-order valence-electron chi connectivity index (χ1n) is 13.6. The topological polar surface area (TPSA) is 88.7 Å². The predicted octanol–water partition coefficient (Wildman–Crippen LogP) is 6.06. The molecular weight excluding hydrogens is 516 g/mol. The van der Waals surface area contributed by atoms with Gasteiger partial charge in [0, 0.05) is 42.7 Å². The van der Waals surface area contributed by atoms with Gasteiger partial charge in [-0.25, -0.2) is 0 Å². The second kappa shape index (κ2) is 12.0. The highest BCUT2D eigenvalue weighted by Gasteiger charge is 2.36. The Kier molecular flexibility index (Phi) is 8.31. The van der Waals surface area contributed by atoms with Crippen LogP contribution in [-0.4, -0.2) is 49.7 Å². The van der Waals surface area contributed by atoms with Crippen molar-refractivity contribution >= 4 is 29.1 Å². The van der Waals surface area contributed by atoms with Crippen molar-refractivity contribution in [2.45, 2.75) is 70.1 Å². The zero-order valence-corrected chi connectivity index (χ0v) is 22.6. The first-order valence-corrected chi connectivity index (χ1v) is 14.0. The van der Waals surface area contributed by atoms with Crippen molar-refractivity contribution in [1.29, 1.82) is 0 Å². The molecule has 2 saturated carbocycles. The molecule has 0 unspecified atom stereocenters. The first-order chi connectivity index (χ1) is 18.9. The minimum Gasteiger partial charge on any atom is -0.345 e. The van der Waals surface area contributed by atoms with Gasteiger partial charge in [0.25, 0.3) is 11.6 Å². The maximum Gasteiger partial charge on any atom is 0.270 e. The molecule has 5 rings (SSSR count). The number of carbonyl (C=O) groups excluding carboxylic acids is 2. The summed E-state index contributed by atoms with van der Waals surface area (Å²) >= 11 is 6.34. The lowest BCUT2D eigenvalue weighted by atomic mass is 9.93. The van der Waals surface area contributed by atoms with Gasteiger partial charge in [0.1, 0.15) is 6.54 Å². The highest BCUT2D eigenvalue weighted by atomic mass is 35.5. The van der Waals surface area contributed by atoms with E-state index in [0.29, 0.717) is 6.54 Å². The summed E-state index contributed by atoms with van der Waals surface area (Å²) in [5.74, 6) is -0.430. The number of amides is 2. The van der Waals surface area contributed by atoms with Crippen LogP contribution >= 0.6 is 11.6 Å². The molecule has 0 radical (unpaired) electrons. The van der Waals surface area contributed by atoms with Crippen LogP contribution in [0.15, 0.2) is 66.9 Å². The number of aromatic nitrogens is 1. The molecule has 3 aromatic rings. The van der Waals surface area contributed by atoms with E-state index < -0.39 is 4.92 Å². The van der Waals surface area contributed by atoms with E-state index in [0.717, 1.165) is 57.2 Å². The van der Waals surface area contributed by atoms with Crippen LogP contribution in [0.2, 0.25) is 5.02 Å². The maximum atomic E-state index is 13.8. The van der Waals surface area contributed by atoms with Gasteiger partial charge < -0.3 is 14.4 Å². The molecule has 0 atom stereocenters. The summed E-state index contributed by atoms with van der Waals surface area (Å²) in [6.45, 7) is 1.17. The van der Waals surface area contributed by atoms with E-state index >= 15 is 0 Å². The van der Waals surface area contributed by atoms with Gasteiger partial charge in [-0.2, -0.15) is 0 Å². The summed E-state index contributed by atoms with van der Waals surface area (Å²) < 4.78 is 2.17. The Balaban J connectivity index is 1.36. The normalized spacial score (nSPS) is 15.6. The Morgan fingerprint density at radius 1 is 0.923 bits per heavy atom. The van der Waals surface area contributed by atoms with E-state index in [2.05, 4.69) is 16.7 Å². The SMILES string of the molecule is O=C(CN(C(=O)c1ccc([N+](=O)[O-])cc1Cl)C1CCCCC1)N(Cc1cccn1Cc1ccccc1)C1CC1. The molecule has 0 bridgehead atoms. The Labute approximate surface area is 233 Å². The minimum absolute atomic E-state index is 0.0280. The zero-order valence-electron chi connectivity index (χ0n) is 21.9. The number of hydrogen-bond acceptors (Lipinski definition) is 4. The molecule has 9 heteroatoms. The van der Waals surface area contributed by atoms with Gasteiger partial charge in [-0.15, -0.1) is 0 Å². The molecule has 1 heterocycles. The van der Waals surface area contributed by atoms with Gasteiger partial charge in [0.05, 0.1) is 22.1 Å². The molecule has 1 aromatic heterocycles. The fraction of sp³-hybridized carbons (Fsp3) is 0.400. The highest BCUT2D eigenvalue weighted by molar-refractivity contribution is 6.34. The van der Waals surface area contributed by atoms with Gasteiger partial charge in [-0.1, -0.05) is 61.2 Å². The number of halogens is 1.